The van der Waals surface area contributed by atoms with E-state index in [1.165, 1.54) is 0 Å². The van der Waals surface area contributed by atoms with Gasteiger partial charge in [-0.25, -0.2) is 0 Å². The summed E-state index contributed by atoms with van der Waals surface area (Å²) < 4.78 is 0. The Labute approximate surface area is 77.2 Å². The van der Waals surface area contributed by atoms with Crippen LogP contribution in [0.1, 0.15) is 32.2 Å². The summed E-state index contributed by atoms with van der Waals surface area (Å²) in [7, 11) is 0. The van der Waals surface area contributed by atoms with Crippen LogP contribution in [-0.4, -0.2) is 15.7 Å². The molecule has 1 N–H and O–H groups in total. The van der Waals surface area contributed by atoms with Gasteiger partial charge in [0.1, 0.15) is 5.01 Å². The highest BCUT2D eigenvalue weighted by Crippen LogP contribution is 2.20. The van der Waals surface area contributed by atoms with Gasteiger partial charge in [0.25, 0.3) is 0 Å². The van der Waals surface area contributed by atoms with Crippen molar-refractivity contribution in [2.75, 3.05) is 5.32 Å². The zero-order chi connectivity index (χ0) is 9.19. The van der Waals surface area contributed by atoms with Gasteiger partial charge in [-0.2, -0.15) is 0 Å². The van der Waals surface area contributed by atoms with Crippen molar-refractivity contribution in [3.63, 3.8) is 0 Å². The van der Waals surface area contributed by atoms with Crippen molar-refractivity contribution in [3.05, 3.63) is 5.01 Å². The maximum Gasteiger partial charge on any atom is 0.206 e. The quantitative estimate of drug-likeness (QED) is 0.786. The molecule has 4 heteroatoms. The Hall–Kier alpha value is -0.640. The summed E-state index contributed by atoms with van der Waals surface area (Å²) in [6.45, 7) is 8.43. The van der Waals surface area contributed by atoms with Crippen molar-refractivity contribution in [1.29, 1.82) is 0 Å². The smallest absolute Gasteiger partial charge is 0.206 e. The second kappa shape index (κ2) is 3.39. The first-order chi connectivity index (χ1) is 5.53. The average molecular weight is 185 g/mol. The fourth-order valence-electron chi connectivity index (χ4n) is 0.725. The SMILES string of the molecule is CCC(C)(C)Nc1nnc(C)s1. The summed E-state index contributed by atoms with van der Waals surface area (Å²) in [5, 5.41) is 13.2. The molecule has 0 saturated carbocycles. The van der Waals surface area contributed by atoms with E-state index in [1.807, 2.05) is 6.92 Å². The van der Waals surface area contributed by atoms with Crippen LogP contribution in [0.3, 0.4) is 0 Å². The number of hydrogen-bond donors (Lipinski definition) is 1. The summed E-state index contributed by atoms with van der Waals surface area (Å²) in [4.78, 5) is 0. The van der Waals surface area contributed by atoms with E-state index in [-0.39, 0.29) is 5.54 Å². The molecule has 0 aliphatic carbocycles. The van der Waals surface area contributed by atoms with Crippen LogP contribution in [0.4, 0.5) is 5.13 Å². The third-order valence-electron chi connectivity index (χ3n) is 1.86. The maximum atomic E-state index is 4.01. The predicted molar refractivity (Wildman–Crippen MR) is 52.6 cm³/mol. The van der Waals surface area contributed by atoms with Gasteiger partial charge in [-0.05, 0) is 27.2 Å². The first-order valence-corrected chi connectivity index (χ1v) is 4.93. The molecule has 0 radical (unpaired) electrons. The van der Waals surface area contributed by atoms with Crippen LogP contribution >= 0.6 is 11.3 Å². The van der Waals surface area contributed by atoms with Crippen molar-refractivity contribution >= 4 is 16.5 Å². The molecule has 1 heterocycles. The van der Waals surface area contributed by atoms with Gasteiger partial charge in [0.2, 0.25) is 5.13 Å². The third-order valence-corrected chi connectivity index (χ3v) is 2.61. The summed E-state index contributed by atoms with van der Waals surface area (Å²) in [6.07, 6.45) is 1.08. The average Bonchev–Trinajstić information content (AvgIpc) is 2.35. The van der Waals surface area contributed by atoms with Gasteiger partial charge < -0.3 is 5.32 Å². The van der Waals surface area contributed by atoms with Crippen LogP contribution in [0.25, 0.3) is 0 Å². The number of hydrogen-bond acceptors (Lipinski definition) is 4. The lowest BCUT2D eigenvalue weighted by Gasteiger charge is -2.23. The molecule has 1 aromatic heterocycles. The molecule has 0 saturated heterocycles. The van der Waals surface area contributed by atoms with Crippen molar-refractivity contribution < 1.29 is 0 Å². The molecule has 0 spiro atoms. The molecule has 68 valence electrons. The Bertz CT molecular complexity index is 255. The highest BCUT2D eigenvalue weighted by Gasteiger charge is 2.15. The van der Waals surface area contributed by atoms with Crippen molar-refractivity contribution in [2.24, 2.45) is 0 Å². The van der Waals surface area contributed by atoms with E-state index in [2.05, 4.69) is 36.3 Å². The summed E-state index contributed by atoms with van der Waals surface area (Å²) in [5.74, 6) is 0. The van der Waals surface area contributed by atoms with Gasteiger partial charge in [0.15, 0.2) is 0 Å². The van der Waals surface area contributed by atoms with E-state index in [0.29, 0.717) is 0 Å². The van der Waals surface area contributed by atoms with Crippen LogP contribution in [0, 0.1) is 6.92 Å². The van der Waals surface area contributed by atoms with E-state index in [1.54, 1.807) is 11.3 Å². The van der Waals surface area contributed by atoms with Gasteiger partial charge in [-0.3, -0.25) is 0 Å². The fraction of sp³-hybridized carbons (Fsp3) is 0.750. The molecule has 0 aliphatic heterocycles. The molecule has 0 amide bonds. The molecule has 1 aromatic rings. The van der Waals surface area contributed by atoms with E-state index in [4.69, 9.17) is 0 Å². The Morgan fingerprint density at radius 3 is 2.50 bits per heavy atom. The Morgan fingerprint density at radius 2 is 2.08 bits per heavy atom. The summed E-state index contributed by atoms with van der Waals surface area (Å²) >= 11 is 1.60. The molecule has 0 unspecified atom stereocenters. The van der Waals surface area contributed by atoms with Crippen molar-refractivity contribution in [3.8, 4) is 0 Å². The molecular formula is C8H15N3S. The minimum atomic E-state index is 0.117. The number of aryl methyl sites for hydroxylation is 1. The maximum absolute atomic E-state index is 4.01. The predicted octanol–water partition coefficient (Wildman–Crippen LogP) is 2.45. The largest absolute Gasteiger partial charge is 0.355 e. The summed E-state index contributed by atoms with van der Waals surface area (Å²) in [6, 6.07) is 0. The topological polar surface area (TPSA) is 37.8 Å². The van der Waals surface area contributed by atoms with Gasteiger partial charge in [-0.1, -0.05) is 18.3 Å². The summed E-state index contributed by atoms with van der Waals surface area (Å²) in [5.41, 5.74) is 0.117. The molecule has 3 nitrogen and oxygen atoms in total. The molecule has 0 aliphatic rings. The van der Waals surface area contributed by atoms with Crippen LogP contribution < -0.4 is 5.32 Å². The van der Waals surface area contributed by atoms with Gasteiger partial charge in [-0.15, -0.1) is 10.2 Å². The Kier molecular flexibility index (Phi) is 2.67. The molecular weight excluding hydrogens is 170 g/mol. The number of nitrogens with one attached hydrogen (secondary N) is 1. The van der Waals surface area contributed by atoms with Crippen LogP contribution in [0.5, 0.6) is 0 Å². The van der Waals surface area contributed by atoms with Gasteiger partial charge in [0.05, 0.1) is 0 Å². The number of aromatic nitrogens is 2. The van der Waals surface area contributed by atoms with Gasteiger partial charge in [0, 0.05) is 5.54 Å². The molecule has 0 fully saturated rings. The number of nitrogens with zero attached hydrogens (tertiary/aromatic N) is 2. The van der Waals surface area contributed by atoms with E-state index in [0.717, 1.165) is 16.6 Å². The third kappa shape index (κ3) is 2.44. The first-order valence-electron chi connectivity index (χ1n) is 4.12. The molecule has 1 rings (SSSR count). The molecule has 0 aromatic carbocycles. The highest BCUT2D eigenvalue weighted by molar-refractivity contribution is 7.15. The zero-order valence-corrected chi connectivity index (χ0v) is 8.83. The fourth-order valence-corrected chi connectivity index (χ4v) is 1.50. The Balaban J connectivity index is 2.63. The van der Waals surface area contributed by atoms with E-state index >= 15 is 0 Å². The van der Waals surface area contributed by atoms with Crippen LogP contribution in [-0.2, 0) is 0 Å². The lowest BCUT2D eigenvalue weighted by Crippen LogP contribution is -2.29. The zero-order valence-electron chi connectivity index (χ0n) is 8.01. The van der Waals surface area contributed by atoms with Crippen molar-refractivity contribution in [1.82, 2.24) is 10.2 Å². The molecule has 12 heavy (non-hydrogen) atoms. The van der Waals surface area contributed by atoms with Crippen LogP contribution in [0.15, 0.2) is 0 Å². The highest BCUT2D eigenvalue weighted by atomic mass is 32.1. The molecule has 0 atom stereocenters. The first kappa shape index (κ1) is 9.45. The van der Waals surface area contributed by atoms with Crippen molar-refractivity contribution in [2.45, 2.75) is 39.7 Å². The number of rotatable bonds is 3. The lowest BCUT2D eigenvalue weighted by atomic mass is 10.0. The van der Waals surface area contributed by atoms with E-state index in [9.17, 15) is 0 Å². The monoisotopic (exact) mass is 185 g/mol. The second-order valence-corrected chi connectivity index (χ2v) is 4.67. The molecule has 0 bridgehead atoms. The normalized spacial score (nSPS) is 11.7. The minimum absolute atomic E-state index is 0.117. The lowest BCUT2D eigenvalue weighted by molar-refractivity contribution is 0.546. The van der Waals surface area contributed by atoms with E-state index < -0.39 is 0 Å². The Morgan fingerprint density at radius 1 is 1.42 bits per heavy atom. The minimum Gasteiger partial charge on any atom is -0.355 e. The second-order valence-electron chi connectivity index (χ2n) is 3.49. The standard InChI is InChI=1S/C8H15N3S/c1-5-8(3,4)9-7-11-10-6(2)12-7/h5H2,1-4H3,(H,9,11). The van der Waals surface area contributed by atoms with Crippen LogP contribution in [0.2, 0.25) is 0 Å². The number of anilines is 1. The van der Waals surface area contributed by atoms with Gasteiger partial charge >= 0.3 is 0 Å².